The predicted molar refractivity (Wildman–Crippen MR) is 96.0 cm³/mol. The average molecular weight is 345 g/mol. The summed E-state index contributed by atoms with van der Waals surface area (Å²) in [5.41, 5.74) is 1.05. The first kappa shape index (κ1) is 19.2. The van der Waals surface area contributed by atoms with Crippen LogP contribution < -0.4 is 0 Å². The van der Waals surface area contributed by atoms with Gasteiger partial charge in [-0.05, 0) is 30.2 Å². The molecule has 0 radical (unpaired) electrons. The van der Waals surface area contributed by atoms with E-state index in [9.17, 15) is 9.59 Å². The van der Waals surface area contributed by atoms with Crippen LogP contribution in [0, 0.1) is 17.8 Å². The summed E-state index contributed by atoms with van der Waals surface area (Å²) in [7, 11) is 0. The number of ketones is 1. The maximum absolute atomic E-state index is 12.2. The number of hydrogen-bond donors (Lipinski definition) is 0. The lowest BCUT2D eigenvalue weighted by Gasteiger charge is -2.29. The number of carbonyl (C=O) groups excluding carboxylic acids is 2. The second-order valence-corrected chi connectivity index (χ2v) is 6.84. The summed E-state index contributed by atoms with van der Waals surface area (Å²) in [6.07, 6.45) is 3.31. The molecule has 25 heavy (non-hydrogen) atoms. The van der Waals surface area contributed by atoms with Crippen LogP contribution in [-0.2, 0) is 25.8 Å². The Hall–Kier alpha value is -2.17. The molecule has 5 nitrogen and oxygen atoms in total. The van der Waals surface area contributed by atoms with Crippen LogP contribution in [0.15, 0.2) is 35.5 Å². The Balaban J connectivity index is 1.88. The summed E-state index contributed by atoms with van der Waals surface area (Å²) in [4.78, 5) is 29.0. The Bertz CT molecular complexity index is 599. The van der Waals surface area contributed by atoms with Gasteiger partial charge < -0.3 is 9.57 Å². The molecule has 0 N–H and O–H groups in total. The Morgan fingerprint density at radius 1 is 1.36 bits per heavy atom. The monoisotopic (exact) mass is 345 g/mol. The fourth-order valence-electron chi connectivity index (χ4n) is 3.36. The van der Waals surface area contributed by atoms with Crippen LogP contribution in [0.25, 0.3) is 0 Å². The minimum absolute atomic E-state index is 0.00229. The SMILES string of the molecule is CC(=O)O[C@H]([C@H](C)C/C=N/OCc1ccccc1)[C@H]1C(=O)CCC1C. The Kier molecular flexibility index (Phi) is 7.16. The van der Waals surface area contributed by atoms with Crippen molar-refractivity contribution in [3.05, 3.63) is 35.9 Å². The molecule has 0 aliphatic heterocycles. The zero-order valence-corrected chi connectivity index (χ0v) is 15.2. The summed E-state index contributed by atoms with van der Waals surface area (Å²) in [6, 6.07) is 9.81. The van der Waals surface area contributed by atoms with Crippen molar-refractivity contribution in [3.63, 3.8) is 0 Å². The van der Waals surface area contributed by atoms with Crippen LogP contribution in [0.4, 0.5) is 0 Å². The highest BCUT2D eigenvalue weighted by Crippen LogP contribution is 2.35. The molecule has 1 aromatic rings. The van der Waals surface area contributed by atoms with Crippen LogP contribution in [0.2, 0.25) is 0 Å². The molecule has 0 amide bonds. The van der Waals surface area contributed by atoms with Gasteiger partial charge in [0, 0.05) is 19.6 Å². The first-order valence-electron chi connectivity index (χ1n) is 8.86. The molecule has 0 bridgehead atoms. The smallest absolute Gasteiger partial charge is 0.302 e. The highest BCUT2D eigenvalue weighted by molar-refractivity contribution is 5.84. The normalized spacial score (nSPS) is 22.8. The van der Waals surface area contributed by atoms with Gasteiger partial charge in [-0.1, -0.05) is 49.3 Å². The topological polar surface area (TPSA) is 65.0 Å². The van der Waals surface area contributed by atoms with Gasteiger partial charge in [-0.25, -0.2) is 0 Å². The quantitative estimate of drug-likeness (QED) is 0.409. The molecule has 1 aromatic carbocycles. The van der Waals surface area contributed by atoms with Crippen molar-refractivity contribution in [1.29, 1.82) is 0 Å². The molecule has 4 atom stereocenters. The van der Waals surface area contributed by atoms with Gasteiger partial charge in [-0.2, -0.15) is 0 Å². The molecule has 1 aliphatic rings. The number of rotatable bonds is 8. The van der Waals surface area contributed by atoms with Crippen molar-refractivity contribution >= 4 is 18.0 Å². The minimum atomic E-state index is -0.400. The van der Waals surface area contributed by atoms with Crippen molar-refractivity contribution in [2.75, 3.05) is 0 Å². The Labute approximate surface area is 149 Å². The van der Waals surface area contributed by atoms with E-state index in [1.165, 1.54) is 6.92 Å². The molecule has 5 heteroatoms. The molecule has 0 saturated heterocycles. The first-order chi connectivity index (χ1) is 12.0. The minimum Gasteiger partial charge on any atom is -0.461 e. The summed E-state index contributed by atoms with van der Waals surface area (Å²) in [5, 5.41) is 3.98. The standard InChI is InChI=1S/C20H27NO4/c1-14-9-10-18(23)19(14)20(25-16(3)22)15(2)11-12-21-24-13-17-7-5-4-6-8-17/h4-8,12,14-15,19-20H,9-11,13H2,1-3H3/b21-12+/t14?,15-,19-,20-/m1/s1. The van der Waals surface area contributed by atoms with Gasteiger partial charge in [0.25, 0.3) is 0 Å². The number of nitrogens with zero attached hydrogens (tertiary/aromatic N) is 1. The van der Waals surface area contributed by atoms with Crippen molar-refractivity contribution < 1.29 is 19.2 Å². The fraction of sp³-hybridized carbons (Fsp3) is 0.550. The maximum Gasteiger partial charge on any atom is 0.302 e. The van der Waals surface area contributed by atoms with Gasteiger partial charge in [0.2, 0.25) is 0 Å². The van der Waals surface area contributed by atoms with E-state index < -0.39 is 6.10 Å². The zero-order chi connectivity index (χ0) is 18.2. The molecule has 2 rings (SSSR count). The van der Waals surface area contributed by atoms with Gasteiger partial charge in [-0.3, -0.25) is 9.59 Å². The molecular formula is C20H27NO4. The summed E-state index contributed by atoms with van der Waals surface area (Å²) < 4.78 is 5.50. The number of hydrogen-bond acceptors (Lipinski definition) is 5. The fourth-order valence-corrected chi connectivity index (χ4v) is 3.36. The van der Waals surface area contributed by atoms with Crippen molar-refractivity contribution in [2.24, 2.45) is 22.9 Å². The summed E-state index contributed by atoms with van der Waals surface area (Å²) in [5.74, 6) is -0.116. The van der Waals surface area contributed by atoms with Gasteiger partial charge in [-0.15, -0.1) is 0 Å². The second-order valence-electron chi connectivity index (χ2n) is 6.84. The van der Waals surface area contributed by atoms with Gasteiger partial charge >= 0.3 is 5.97 Å². The van der Waals surface area contributed by atoms with Gasteiger partial charge in [0.1, 0.15) is 18.5 Å². The van der Waals surface area contributed by atoms with E-state index >= 15 is 0 Å². The zero-order valence-electron chi connectivity index (χ0n) is 15.2. The number of esters is 1. The van der Waals surface area contributed by atoms with Crippen molar-refractivity contribution in [3.8, 4) is 0 Å². The van der Waals surface area contributed by atoms with E-state index in [1.807, 2.05) is 37.3 Å². The van der Waals surface area contributed by atoms with E-state index in [-0.39, 0.29) is 29.5 Å². The molecule has 1 aliphatic carbocycles. The van der Waals surface area contributed by atoms with Crippen molar-refractivity contribution in [1.82, 2.24) is 0 Å². The van der Waals surface area contributed by atoms with Crippen molar-refractivity contribution in [2.45, 2.75) is 52.7 Å². The molecule has 0 spiro atoms. The van der Waals surface area contributed by atoms with Crippen LogP contribution in [-0.4, -0.2) is 24.1 Å². The van der Waals surface area contributed by atoms with Crippen LogP contribution in [0.3, 0.4) is 0 Å². The van der Waals surface area contributed by atoms with E-state index in [1.54, 1.807) is 6.21 Å². The molecule has 136 valence electrons. The molecule has 1 unspecified atom stereocenters. The third-order valence-corrected chi connectivity index (χ3v) is 4.75. The number of Topliss-reactive ketones (excluding diaryl/α,β-unsaturated/α-hetero) is 1. The molecular weight excluding hydrogens is 318 g/mol. The first-order valence-corrected chi connectivity index (χ1v) is 8.86. The molecule has 1 fully saturated rings. The number of oxime groups is 1. The van der Waals surface area contributed by atoms with E-state index in [0.29, 0.717) is 19.4 Å². The average Bonchev–Trinajstić information content (AvgIpc) is 2.91. The lowest BCUT2D eigenvalue weighted by Crippen LogP contribution is -2.37. The molecule has 1 saturated carbocycles. The lowest BCUT2D eigenvalue weighted by molar-refractivity contribution is -0.154. The Morgan fingerprint density at radius 2 is 2.08 bits per heavy atom. The molecule has 0 aromatic heterocycles. The third kappa shape index (κ3) is 5.69. The van der Waals surface area contributed by atoms with E-state index in [0.717, 1.165) is 12.0 Å². The number of benzene rings is 1. The number of carbonyl (C=O) groups is 2. The van der Waals surface area contributed by atoms with E-state index in [4.69, 9.17) is 9.57 Å². The predicted octanol–water partition coefficient (Wildman–Crippen LogP) is 3.76. The third-order valence-electron chi connectivity index (χ3n) is 4.75. The maximum atomic E-state index is 12.2. The Morgan fingerprint density at radius 3 is 2.68 bits per heavy atom. The van der Waals surface area contributed by atoms with Crippen LogP contribution in [0.1, 0.15) is 45.6 Å². The van der Waals surface area contributed by atoms with Gasteiger partial charge in [0.05, 0.1) is 5.92 Å². The van der Waals surface area contributed by atoms with Crippen LogP contribution in [0.5, 0.6) is 0 Å². The summed E-state index contributed by atoms with van der Waals surface area (Å²) in [6.45, 7) is 5.84. The second kappa shape index (κ2) is 9.35. The van der Waals surface area contributed by atoms with E-state index in [2.05, 4.69) is 12.1 Å². The number of ether oxygens (including phenoxy) is 1. The van der Waals surface area contributed by atoms with Gasteiger partial charge in [0.15, 0.2) is 0 Å². The lowest BCUT2D eigenvalue weighted by atomic mass is 9.83. The van der Waals surface area contributed by atoms with Crippen LogP contribution >= 0.6 is 0 Å². The molecule has 0 heterocycles. The highest BCUT2D eigenvalue weighted by atomic mass is 16.6. The highest BCUT2D eigenvalue weighted by Gasteiger charge is 2.41. The largest absolute Gasteiger partial charge is 0.461 e. The summed E-state index contributed by atoms with van der Waals surface area (Å²) >= 11 is 0.